The zero-order valence-corrected chi connectivity index (χ0v) is 10.3. The number of esters is 1. The normalized spacial score (nSPS) is 13.2. The van der Waals surface area contributed by atoms with Crippen LogP contribution in [0.4, 0.5) is 0 Å². The first-order valence-corrected chi connectivity index (χ1v) is 5.63. The molecule has 1 N–H and O–H groups in total. The second-order valence-electron chi connectivity index (χ2n) is 3.87. The highest BCUT2D eigenvalue weighted by atomic mass is 35.5. The first kappa shape index (κ1) is 12.6. The van der Waals surface area contributed by atoms with Gasteiger partial charge in [-0.05, 0) is 12.8 Å². The molecule has 0 fully saturated rings. The van der Waals surface area contributed by atoms with E-state index in [1.807, 2.05) is 0 Å². The Hall–Kier alpha value is -1.82. The SMILES string of the molecule is COC(=O)c1c(Cl)c(C(=O)C(=O)O)n2c1CCC2. The van der Waals surface area contributed by atoms with Crippen molar-refractivity contribution in [2.24, 2.45) is 0 Å². The minimum atomic E-state index is -1.60. The van der Waals surface area contributed by atoms with Crippen LogP contribution in [-0.4, -0.2) is 34.5 Å². The van der Waals surface area contributed by atoms with Gasteiger partial charge in [-0.25, -0.2) is 9.59 Å². The van der Waals surface area contributed by atoms with E-state index in [2.05, 4.69) is 4.74 Å². The number of carboxylic acids is 1. The van der Waals surface area contributed by atoms with E-state index in [1.165, 1.54) is 11.7 Å². The number of carbonyl (C=O) groups excluding carboxylic acids is 2. The van der Waals surface area contributed by atoms with Crippen LogP contribution in [0.3, 0.4) is 0 Å². The van der Waals surface area contributed by atoms with Gasteiger partial charge in [0.2, 0.25) is 0 Å². The van der Waals surface area contributed by atoms with Gasteiger partial charge in [-0.15, -0.1) is 0 Å². The highest BCUT2D eigenvalue weighted by Crippen LogP contribution is 2.33. The minimum Gasteiger partial charge on any atom is -0.475 e. The number of methoxy groups -OCH3 is 1. The molecule has 1 aliphatic rings. The monoisotopic (exact) mass is 271 g/mol. The fourth-order valence-electron chi connectivity index (χ4n) is 2.18. The zero-order valence-electron chi connectivity index (χ0n) is 9.53. The third-order valence-electron chi connectivity index (χ3n) is 2.91. The van der Waals surface area contributed by atoms with E-state index in [9.17, 15) is 14.4 Å². The Bertz CT molecular complexity index is 560. The molecular formula is C11H10ClNO5. The fraction of sp³-hybridized carbons (Fsp3) is 0.364. The third-order valence-corrected chi connectivity index (χ3v) is 3.27. The van der Waals surface area contributed by atoms with E-state index in [1.54, 1.807) is 0 Å². The van der Waals surface area contributed by atoms with Gasteiger partial charge in [0.25, 0.3) is 5.78 Å². The number of aromatic nitrogens is 1. The molecule has 0 saturated heterocycles. The van der Waals surface area contributed by atoms with Crippen molar-refractivity contribution in [3.8, 4) is 0 Å². The van der Waals surface area contributed by atoms with E-state index in [0.29, 0.717) is 18.7 Å². The van der Waals surface area contributed by atoms with Crippen molar-refractivity contribution in [1.82, 2.24) is 4.57 Å². The average Bonchev–Trinajstić information content (AvgIpc) is 2.86. The molecule has 1 aromatic heterocycles. The molecule has 6 nitrogen and oxygen atoms in total. The quantitative estimate of drug-likeness (QED) is 0.506. The molecule has 2 heterocycles. The fourth-order valence-corrected chi connectivity index (χ4v) is 2.55. The van der Waals surface area contributed by atoms with Crippen molar-refractivity contribution in [3.05, 3.63) is 22.0 Å². The molecular weight excluding hydrogens is 262 g/mol. The molecule has 0 radical (unpaired) electrons. The summed E-state index contributed by atoms with van der Waals surface area (Å²) in [7, 11) is 1.20. The van der Waals surface area contributed by atoms with E-state index in [0.717, 1.165) is 6.42 Å². The summed E-state index contributed by atoms with van der Waals surface area (Å²) in [6, 6.07) is 0. The molecule has 0 aromatic carbocycles. The van der Waals surface area contributed by atoms with Gasteiger partial charge in [0, 0.05) is 12.2 Å². The summed E-state index contributed by atoms with van der Waals surface area (Å²) in [6.07, 6.45) is 1.30. The predicted octanol–water partition coefficient (Wildman–Crippen LogP) is 1.14. The van der Waals surface area contributed by atoms with Crippen molar-refractivity contribution >= 4 is 29.3 Å². The topological polar surface area (TPSA) is 85.6 Å². The van der Waals surface area contributed by atoms with Gasteiger partial charge in [-0.2, -0.15) is 0 Å². The van der Waals surface area contributed by atoms with Crippen LogP contribution < -0.4 is 0 Å². The molecule has 1 aliphatic heterocycles. The lowest BCUT2D eigenvalue weighted by atomic mass is 10.1. The van der Waals surface area contributed by atoms with Crippen LogP contribution in [0.2, 0.25) is 5.02 Å². The molecule has 0 atom stereocenters. The molecule has 0 amide bonds. The first-order valence-electron chi connectivity index (χ1n) is 5.25. The number of aliphatic carboxylic acids is 1. The Kier molecular flexibility index (Phi) is 3.13. The van der Waals surface area contributed by atoms with Gasteiger partial charge in [-0.1, -0.05) is 11.6 Å². The van der Waals surface area contributed by atoms with Crippen molar-refractivity contribution in [2.45, 2.75) is 19.4 Å². The number of hydrogen-bond donors (Lipinski definition) is 1. The summed E-state index contributed by atoms with van der Waals surface area (Å²) >= 11 is 5.95. The van der Waals surface area contributed by atoms with Gasteiger partial charge in [0.05, 0.1) is 17.7 Å². The van der Waals surface area contributed by atoms with Gasteiger partial charge in [0.1, 0.15) is 5.69 Å². The molecule has 96 valence electrons. The molecule has 0 unspecified atom stereocenters. The predicted molar refractivity (Wildman–Crippen MR) is 61.1 cm³/mol. The Morgan fingerprint density at radius 1 is 1.39 bits per heavy atom. The maximum absolute atomic E-state index is 11.6. The smallest absolute Gasteiger partial charge is 0.378 e. The zero-order chi connectivity index (χ0) is 13.4. The number of halogens is 1. The number of fused-ring (bicyclic) bond motifs is 1. The van der Waals surface area contributed by atoms with Crippen LogP contribution in [0.1, 0.15) is 33.0 Å². The van der Waals surface area contributed by atoms with Gasteiger partial charge >= 0.3 is 11.9 Å². The summed E-state index contributed by atoms with van der Waals surface area (Å²) in [4.78, 5) is 34.0. The van der Waals surface area contributed by atoms with Crippen LogP contribution in [0, 0.1) is 0 Å². The molecule has 0 saturated carbocycles. The molecule has 0 spiro atoms. The van der Waals surface area contributed by atoms with Crippen molar-refractivity contribution < 1.29 is 24.2 Å². The molecule has 0 aliphatic carbocycles. The van der Waals surface area contributed by atoms with E-state index >= 15 is 0 Å². The molecule has 2 rings (SSSR count). The maximum Gasteiger partial charge on any atom is 0.378 e. The lowest BCUT2D eigenvalue weighted by Gasteiger charge is -2.01. The second-order valence-corrected chi connectivity index (χ2v) is 4.24. The lowest BCUT2D eigenvalue weighted by molar-refractivity contribution is -0.131. The molecule has 18 heavy (non-hydrogen) atoms. The van der Waals surface area contributed by atoms with Crippen LogP contribution in [-0.2, 0) is 22.5 Å². The van der Waals surface area contributed by atoms with Crippen molar-refractivity contribution in [1.29, 1.82) is 0 Å². The minimum absolute atomic E-state index is 0.0984. The number of Topliss-reactive ketones (excluding diaryl/α,β-unsaturated/α-hetero) is 1. The second kappa shape index (κ2) is 4.45. The molecule has 1 aromatic rings. The lowest BCUT2D eigenvalue weighted by Crippen LogP contribution is -2.17. The largest absolute Gasteiger partial charge is 0.475 e. The summed E-state index contributed by atoms with van der Waals surface area (Å²) < 4.78 is 6.09. The number of ketones is 1. The Balaban J connectivity index is 2.66. The van der Waals surface area contributed by atoms with Crippen molar-refractivity contribution in [3.63, 3.8) is 0 Å². The van der Waals surface area contributed by atoms with Crippen LogP contribution in [0.15, 0.2) is 0 Å². The van der Waals surface area contributed by atoms with Gasteiger partial charge in [0.15, 0.2) is 0 Å². The Morgan fingerprint density at radius 2 is 2.06 bits per heavy atom. The summed E-state index contributed by atoms with van der Waals surface area (Å²) in [6.45, 7) is 0.473. The number of nitrogens with zero attached hydrogens (tertiary/aromatic N) is 1. The maximum atomic E-state index is 11.6. The highest BCUT2D eigenvalue weighted by molar-refractivity contribution is 6.46. The highest BCUT2D eigenvalue weighted by Gasteiger charge is 2.34. The summed E-state index contributed by atoms with van der Waals surface area (Å²) in [5.74, 6) is -3.37. The van der Waals surface area contributed by atoms with Crippen molar-refractivity contribution in [2.75, 3.05) is 7.11 Å². The summed E-state index contributed by atoms with van der Waals surface area (Å²) in [5, 5.41) is 8.62. The molecule has 0 bridgehead atoms. The Morgan fingerprint density at radius 3 is 2.61 bits per heavy atom. The number of carboxylic acid groups (broad SMARTS) is 1. The van der Waals surface area contributed by atoms with Gasteiger partial charge in [-0.3, -0.25) is 4.79 Å². The first-order chi connectivity index (χ1) is 8.49. The van der Waals surface area contributed by atoms with Gasteiger partial charge < -0.3 is 14.4 Å². The number of hydrogen-bond acceptors (Lipinski definition) is 4. The van der Waals surface area contributed by atoms with Crippen LogP contribution >= 0.6 is 11.6 Å². The van der Waals surface area contributed by atoms with Crippen LogP contribution in [0.25, 0.3) is 0 Å². The average molecular weight is 272 g/mol. The molecule has 7 heteroatoms. The Labute approximate surface area is 107 Å². The summed E-state index contributed by atoms with van der Waals surface area (Å²) in [5.41, 5.74) is 0.523. The van der Waals surface area contributed by atoms with E-state index in [4.69, 9.17) is 16.7 Å². The van der Waals surface area contributed by atoms with E-state index in [-0.39, 0.29) is 16.3 Å². The number of rotatable bonds is 3. The van der Waals surface area contributed by atoms with Crippen LogP contribution in [0.5, 0.6) is 0 Å². The third kappa shape index (κ3) is 1.69. The number of carbonyl (C=O) groups is 3. The standard InChI is InChI=1S/C11H10ClNO5/c1-18-11(17)6-5-3-2-4-13(5)8(7(6)12)9(14)10(15)16/h2-4H2,1H3,(H,15,16). The number of ether oxygens (including phenoxy) is 1. The van der Waals surface area contributed by atoms with E-state index < -0.39 is 17.7 Å².